The maximum Gasteiger partial charge on any atom is 0.251 e. The number of carbonyl (C=O) groups is 1. The fraction of sp³-hybridized carbons (Fsp3) is 0.294. The molecule has 1 aromatic heterocycles. The average Bonchev–Trinajstić information content (AvgIpc) is 3.03. The van der Waals surface area contributed by atoms with E-state index in [0.29, 0.717) is 17.5 Å². The van der Waals surface area contributed by atoms with Crippen molar-refractivity contribution >= 4 is 5.91 Å². The van der Waals surface area contributed by atoms with Crippen LogP contribution in [-0.2, 0) is 12.0 Å². The van der Waals surface area contributed by atoms with Crippen LogP contribution in [0.15, 0.2) is 41.0 Å². The summed E-state index contributed by atoms with van der Waals surface area (Å²) in [5, 5.41) is 22.4. The summed E-state index contributed by atoms with van der Waals surface area (Å²) in [5.74, 6) is 0.482. The first-order valence-electron chi connectivity index (χ1n) is 7.20. The van der Waals surface area contributed by atoms with E-state index in [-0.39, 0.29) is 12.5 Å². The molecule has 0 radical (unpaired) electrons. The van der Waals surface area contributed by atoms with Gasteiger partial charge in [0, 0.05) is 17.5 Å². The summed E-state index contributed by atoms with van der Waals surface area (Å²) < 4.78 is 5.36. The highest BCUT2D eigenvalue weighted by Gasteiger charge is 2.36. The summed E-state index contributed by atoms with van der Waals surface area (Å²) in [6.45, 7) is 0.120. The molecule has 3 rings (SSSR count). The molecule has 2 aromatic rings. The molecule has 1 unspecified atom stereocenters. The lowest BCUT2D eigenvalue weighted by Crippen LogP contribution is -2.42. The largest absolute Gasteiger partial charge is 0.469 e. The molecule has 5 nitrogen and oxygen atoms in total. The van der Waals surface area contributed by atoms with E-state index in [1.807, 2.05) is 6.07 Å². The van der Waals surface area contributed by atoms with Crippen LogP contribution in [0.25, 0.3) is 0 Å². The number of rotatable bonds is 3. The van der Waals surface area contributed by atoms with Gasteiger partial charge in [-0.25, -0.2) is 0 Å². The molecule has 112 valence electrons. The van der Waals surface area contributed by atoms with Crippen molar-refractivity contribution in [3.8, 4) is 6.07 Å². The predicted octanol–water partition coefficient (Wildman–Crippen LogP) is 2.11. The SMILES string of the molecule is N#Cc1cccc(C(=O)NCC2(O)CCCc3occc32)c1. The van der Waals surface area contributed by atoms with E-state index >= 15 is 0 Å². The van der Waals surface area contributed by atoms with E-state index in [2.05, 4.69) is 5.32 Å². The van der Waals surface area contributed by atoms with E-state index in [1.54, 1.807) is 30.5 Å². The summed E-state index contributed by atoms with van der Waals surface area (Å²) in [7, 11) is 0. The van der Waals surface area contributed by atoms with Gasteiger partial charge in [0.25, 0.3) is 5.91 Å². The number of nitrogens with zero attached hydrogens (tertiary/aromatic N) is 1. The molecule has 0 fully saturated rings. The Hall–Kier alpha value is -2.58. The number of hydrogen-bond acceptors (Lipinski definition) is 4. The standard InChI is InChI=1S/C17H16N2O3/c18-10-12-3-1-4-13(9-12)16(20)19-11-17(21)7-2-5-15-14(17)6-8-22-15/h1,3-4,6,8-9,21H,2,5,7,11H2,(H,19,20). The van der Waals surface area contributed by atoms with Crippen LogP contribution in [0, 0.1) is 11.3 Å². The van der Waals surface area contributed by atoms with Gasteiger partial charge in [0.1, 0.15) is 11.4 Å². The summed E-state index contributed by atoms with van der Waals surface area (Å²) >= 11 is 0. The van der Waals surface area contributed by atoms with E-state index in [4.69, 9.17) is 9.68 Å². The molecule has 2 N–H and O–H groups in total. The maximum atomic E-state index is 12.2. The van der Waals surface area contributed by atoms with Gasteiger partial charge in [0.2, 0.25) is 0 Å². The second kappa shape index (κ2) is 5.66. The molecule has 1 atom stereocenters. The van der Waals surface area contributed by atoms with Crippen molar-refractivity contribution in [3.05, 3.63) is 59.0 Å². The van der Waals surface area contributed by atoms with Gasteiger partial charge in [0.05, 0.1) is 24.4 Å². The molecule has 0 spiro atoms. The van der Waals surface area contributed by atoms with Gasteiger partial charge in [-0.2, -0.15) is 5.26 Å². The van der Waals surface area contributed by atoms with Crippen molar-refractivity contribution in [1.82, 2.24) is 5.32 Å². The molecular weight excluding hydrogens is 280 g/mol. The summed E-state index contributed by atoms with van der Waals surface area (Å²) in [6, 6.07) is 10.2. The van der Waals surface area contributed by atoms with E-state index in [0.717, 1.165) is 24.2 Å². The first-order valence-corrected chi connectivity index (χ1v) is 7.20. The lowest BCUT2D eigenvalue weighted by Gasteiger charge is -2.31. The van der Waals surface area contributed by atoms with Crippen molar-refractivity contribution in [2.24, 2.45) is 0 Å². The number of nitriles is 1. The number of aliphatic hydroxyl groups is 1. The molecule has 1 heterocycles. The Morgan fingerprint density at radius 3 is 3.14 bits per heavy atom. The van der Waals surface area contributed by atoms with Crippen LogP contribution >= 0.6 is 0 Å². The Balaban J connectivity index is 1.73. The van der Waals surface area contributed by atoms with Crippen LogP contribution < -0.4 is 5.32 Å². The second-order valence-electron chi connectivity index (χ2n) is 5.52. The van der Waals surface area contributed by atoms with Gasteiger partial charge in [-0.1, -0.05) is 6.07 Å². The van der Waals surface area contributed by atoms with Gasteiger partial charge in [-0.05, 0) is 37.1 Å². The van der Waals surface area contributed by atoms with Crippen molar-refractivity contribution in [2.75, 3.05) is 6.54 Å². The van der Waals surface area contributed by atoms with Crippen LogP contribution in [0.2, 0.25) is 0 Å². The van der Waals surface area contributed by atoms with Crippen molar-refractivity contribution in [2.45, 2.75) is 24.9 Å². The molecule has 0 saturated carbocycles. The zero-order valence-corrected chi connectivity index (χ0v) is 12.0. The summed E-state index contributed by atoms with van der Waals surface area (Å²) in [4.78, 5) is 12.2. The number of nitrogens with one attached hydrogen (secondary N) is 1. The van der Waals surface area contributed by atoms with Crippen LogP contribution in [0.3, 0.4) is 0 Å². The number of fused-ring (bicyclic) bond motifs is 1. The number of hydrogen-bond donors (Lipinski definition) is 2. The number of furan rings is 1. The quantitative estimate of drug-likeness (QED) is 0.908. The van der Waals surface area contributed by atoms with Crippen LogP contribution in [0.1, 0.15) is 40.1 Å². The monoisotopic (exact) mass is 296 g/mol. The molecule has 0 aliphatic heterocycles. The third kappa shape index (κ3) is 2.61. The van der Waals surface area contributed by atoms with Crippen molar-refractivity contribution < 1.29 is 14.3 Å². The first-order chi connectivity index (χ1) is 10.6. The number of aryl methyl sites for hydroxylation is 1. The Morgan fingerprint density at radius 2 is 2.32 bits per heavy atom. The molecular formula is C17H16N2O3. The number of carbonyl (C=O) groups excluding carboxylic acids is 1. The first kappa shape index (κ1) is 14.4. The minimum absolute atomic E-state index is 0.120. The van der Waals surface area contributed by atoms with Gasteiger partial charge in [-0.3, -0.25) is 4.79 Å². The van der Waals surface area contributed by atoms with Gasteiger partial charge in [0.15, 0.2) is 0 Å². The minimum atomic E-state index is -1.09. The summed E-state index contributed by atoms with van der Waals surface area (Å²) in [5.41, 5.74) is 0.500. The van der Waals surface area contributed by atoms with Crippen LogP contribution in [0.4, 0.5) is 0 Å². The Bertz CT molecular complexity index is 744. The third-order valence-corrected chi connectivity index (χ3v) is 4.04. The fourth-order valence-electron chi connectivity index (χ4n) is 2.87. The van der Waals surface area contributed by atoms with Crippen LogP contribution in [-0.4, -0.2) is 17.6 Å². The van der Waals surface area contributed by atoms with Crippen molar-refractivity contribution in [3.63, 3.8) is 0 Å². The highest BCUT2D eigenvalue weighted by Crippen LogP contribution is 2.35. The molecule has 1 aromatic carbocycles. The Morgan fingerprint density at radius 1 is 1.45 bits per heavy atom. The van der Waals surface area contributed by atoms with Crippen molar-refractivity contribution in [1.29, 1.82) is 5.26 Å². The molecule has 5 heteroatoms. The highest BCUT2D eigenvalue weighted by molar-refractivity contribution is 5.94. The molecule has 1 aliphatic carbocycles. The van der Waals surface area contributed by atoms with E-state index < -0.39 is 5.60 Å². The van der Waals surface area contributed by atoms with E-state index in [9.17, 15) is 9.90 Å². The summed E-state index contributed by atoms with van der Waals surface area (Å²) in [6.07, 6.45) is 3.77. The lowest BCUT2D eigenvalue weighted by atomic mass is 9.83. The molecule has 0 saturated heterocycles. The normalized spacial score (nSPS) is 20.0. The van der Waals surface area contributed by atoms with Gasteiger partial charge >= 0.3 is 0 Å². The second-order valence-corrected chi connectivity index (χ2v) is 5.52. The molecule has 22 heavy (non-hydrogen) atoms. The fourth-order valence-corrected chi connectivity index (χ4v) is 2.87. The number of amides is 1. The predicted molar refractivity (Wildman–Crippen MR) is 79.0 cm³/mol. The van der Waals surface area contributed by atoms with Gasteiger partial charge < -0.3 is 14.8 Å². The third-order valence-electron chi connectivity index (χ3n) is 4.04. The average molecular weight is 296 g/mol. The molecule has 1 amide bonds. The molecule has 0 bridgehead atoms. The van der Waals surface area contributed by atoms with E-state index in [1.165, 1.54) is 6.07 Å². The van der Waals surface area contributed by atoms with Gasteiger partial charge in [-0.15, -0.1) is 0 Å². The maximum absolute atomic E-state index is 12.2. The lowest BCUT2D eigenvalue weighted by molar-refractivity contribution is 0.0169. The Kier molecular flexibility index (Phi) is 3.70. The molecule has 1 aliphatic rings. The number of benzene rings is 1. The smallest absolute Gasteiger partial charge is 0.251 e. The Labute approximate surface area is 128 Å². The van der Waals surface area contributed by atoms with Crippen LogP contribution in [0.5, 0.6) is 0 Å². The topological polar surface area (TPSA) is 86.3 Å². The minimum Gasteiger partial charge on any atom is -0.469 e. The zero-order valence-electron chi connectivity index (χ0n) is 12.0. The highest BCUT2D eigenvalue weighted by atomic mass is 16.3. The zero-order chi connectivity index (χ0) is 15.6.